The lowest BCUT2D eigenvalue weighted by Gasteiger charge is -2.18. The number of phenolic OH excluding ortho intramolecular Hbond substituents is 1. The van der Waals surface area contributed by atoms with Crippen LogP contribution in [-0.4, -0.2) is 21.9 Å². The van der Waals surface area contributed by atoms with Crippen molar-refractivity contribution in [2.75, 3.05) is 5.75 Å². The van der Waals surface area contributed by atoms with Crippen LogP contribution in [0.25, 0.3) is 11.1 Å². The minimum absolute atomic E-state index is 0.0324. The molecule has 0 radical (unpaired) electrons. The Morgan fingerprint density at radius 2 is 1.62 bits per heavy atom. The molecule has 0 heterocycles. The molecule has 1 unspecified atom stereocenters. The predicted molar refractivity (Wildman–Crippen MR) is 107 cm³/mol. The summed E-state index contributed by atoms with van der Waals surface area (Å²) < 4.78 is 0. The zero-order valence-electron chi connectivity index (χ0n) is 14.4. The Hall–Kier alpha value is -2.72. The van der Waals surface area contributed by atoms with Crippen molar-refractivity contribution in [2.45, 2.75) is 12.2 Å². The van der Waals surface area contributed by atoms with Crippen molar-refractivity contribution in [3.8, 4) is 16.9 Å². The minimum atomic E-state index is -0.932. The maximum Gasteiger partial charge on any atom is 0.336 e. The van der Waals surface area contributed by atoms with Gasteiger partial charge in [-0.2, -0.15) is 0 Å². The largest absolute Gasteiger partial charge is 0.508 e. The highest BCUT2D eigenvalue weighted by Gasteiger charge is 2.18. The number of carboxylic acids is 1. The maximum absolute atomic E-state index is 11.4. The minimum Gasteiger partial charge on any atom is -0.508 e. The first kappa shape index (κ1) is 18.1. The molecule has 0 aromatic heterocycles. The molecule has 0 aliphatic carbocycles. The monoisotopic (exact) mass is 364 g/mol. The summed E-state index contributed by atoms with van der Waals surface area (Å²) in [5.41, 5.74) is 3.83. The van der Waals surface area contributed by atoms with E-state index in [4.69, 9.17) is 0 Å². The summed E-state index contributed by atoms with van der Waals surface area (Å²) in [6.45, 7) is 2.09. The first-order valence-electron chi connectivity index (χ1n) is 8.44. The fraction of sp³-hybridized carbons (Fsp3) is 0.136. The van der Waals surface area contributed by atoms with Crippen LogP contribution in [0.15, 0.2) is 72.8 Å². The summed E-state index contributed by atoms with van der Waals surface area (Å²) in [5.74, 6) is 0.278. The first-order valence-corrected chi connectivity index (χ1v) is 9.48. The van der Waals surface area contributed by atoms with E-state index in [-0.39, 0.29) is 5.25 Å². The van der Waals surface area contributed by atoms with E-state index in [1.807, 2.05) is 54.6 Å². The Balaban J connectivity index is 1.98. The number of carboxylic acid groups (broad SMARTS) is 1. The molecule has 0 aliphatic heterocycles. The Morgan fingerprint density at radius 3 is 2.27 bits per heavy atom. The molecule has 0 saturated carbocycles. The van der Waals surface area contributed by atoms with Crippen molar-refractivity contribution in [2.24, 2.45) is 0 Å². The van der Waals surface area contributed by atoms with Gasteiger partial charge in [-0.15, -0.1) is 11.8 Å². The summed E-state index contributed by atoms with van der Waals surface area (Å²) in [6.07, 6.45) is 0. The van der Waals surface area contributed by atoms with Crippen molar-refractivity contribution in [1.82, 2.24) is 0 Å². The van der Waals surface area contributed by atoms with Gasteiger partial charge in [0.05, 0.1) is 10.8 Å². The second-order valence-electron chi connectivity index (χ2n) is 5.87. The molecule has 0 aliphatic rings. The first-order chi connectivity index (χ1) is 12.6. The number of rotatable bonds is 6. The molecule has 3 rings (SSSR count). The summed E-state index contributed by atoms with van der Waals surface area (Å²) >= 11 is 1.75. The number of thioether (sulfide) groups is 1. The van der Waals surface area contributed by atoms with Crippen LogP contribution in [0.1, 0.15) is 33.7 Å². The molecule has 0 spiro atoms. The standard InChI is InChI=1S/C22H20O3S/c1-2-26-21(19-9-5-6-10-20(19)23)16-13-11-15(12-14-16)17-7-3-4-8-18(17)22(24)25/h3-14,21,23H,2H2,1H3,(H,24,25). The van der Waals surface area contributed by atoms with Gasteiger partial charge in [-0.1, -0.05) is 67.6 Å². The lowest BCUT2D eigenvalue weighted by Crippen LogP contribution is -2.00. The van der Waals surface area contributed by atoms with E-state index < -0.39 is 5.97 Å². The maximum atomic E-state index is 11.4. The summed E-state index contributed by atoms with van der Waals surface area (Å²) in [6, 6.07) is 22.3. The molecule has 26 heavy (non-hydrogen) atoms. The molecule has 1 atom stereocenters. The second kappa shape index (κ2) is 8.11. The normalized spacial score (nSPS) is 11.9. The van der Waals surface area contributed by atoms with E-state index >= 15 is 0 Å². The second-order valence-corrected chi connectivity index (χ2v) is 7.25. The zero-order valence-corrected chi connectivity index (χ0v) is 15.2. The van der Waals surface area contributed by atoms with Gasteiger partial charge in [-0.3, -0.25) is 0 Å². The van der Waals surface area contributed by atoms with Crippen LogP contribution >= 0.6 is 11.8 Å². The van der Waals surface area contributed by atoms with Crippen molar-refractivity contribution in [1.29, 1.82) is 0 Å². The Kier molecular flexibility index (Phi) is 5.64. The molecule has 0 fully saturated rings. The highest BCUT2D eigenvalue weighted by Crippen LogP contribution is 2.40. The van der Waals surface area contributed by atoms with Crippen LogP contribution in [0.4, 0.5) is 0 Å². The van der Waals surface area contributed by atoms with Gasteiger partial charge in [0.1, 0.15) is 5.75 Å². The predicted octanol–water partition coefficient (Wildman–Crippen LogP) is 5.60. The topological polar surface area (TPSA) is 57.5 Å². The average Bonchev–Trinajstić information content (AvgIpc) is 2.67. The third kappa shape index (κ3) is 3.75. The summed E-state index contributed by atoms with van der Waals surface area (Å²) in [4.78, 5) is 11.4. The molecule has 3 nitrogen and oxygen atoms in total. The molecule has 3 aromatic carbocycles. The quantitative estimate of drug-likeness (QED) is 0.598. The van der Waals surface area contributed by atoms with Crippen molar-refractivity contribution >= 4 is 17.7 Å². The Morgan fingerprint density at radius 1 is 0.962 bits per heavy atom. The van der Waals surface area contributed by atoms with Crippen LogP contribution in [0.2, 0.25) is 0 Å². The average molecular weight is 364 g/mol. The Labute approximate surface area is 157 Å². The molecule has 0 bridgehead atoms. The number of aromatic hydroxyl groups is 1. The van der Waals surface area contributed by atoms with Crippen LogP contribution in [-0.2, 0) is 0 Å². The number of phenols is 1. The van der Waals surface area contributed by atoms with Gasteiger partial charge in [-0.25, -0.2) is 4.79 Å². The fourth-order valence-electron chi connectivity index (χ4n) is 3.00. The van der Waals surface area contributed by atoms with Crippen LogP contribution < -0.4 is 0 Å². The van der Waals surface area contributed by atoms with Crippen molar-refractivity contribution < 1.29 is 15.0 Å². The van der Waals surface area contributed by atoms with Crippen molar-refractivity contribution in [3.05, 3.63) is 89.5 Å². The fourth-order valence-corrected chi connectivity index (χ4v) is 4.06. The van der Waals surface area contributed by atoms with Crippen LogP contribution in [0.5, 0.6) is 5.75 Å². The van der Waals surface area contributed by atoms with Gasteiger partial charge in [0, 0.05) is 5.56 Å². The van der Waals surface area contributed by atoms with Crippen LogP contribution in [0.3, 0.4) is 0 Å². The zero-order chi connectivity index (χ0) is 18.5. The Bertz CT molecular complexity index is 903. The smallest absolute Gasteiger partial charge is 0.336 e. The van der Waals surface area contributed by atoms with Gasteiger partial charge < -0.3 is 10.2 Å². The number of carbonyl (C=O) groups is 1. The molecule has 4 heteroatoms. The highest BCUT2D eigenvalue weighted by molar-refractivity contribution is 7.99. The van der Waals surface area contributed by atoms with Crippen molar-refractivity contribution in [3.63, 3.8) is 0 Å². The van der Waals surface area contributed by atoms with E-state index in [1.54, 1.807) is 30.0 Å². The van der Waals surface area contributed by atoms with Crippen LogP contribution in [0, 0.1) is 0 Å². The number of para-hydroxylation sites is 1. The lowest BCUT2D eigenvalue weighted by molar-refractivity contribution is 0.0697. The molecular weight excluding hydrogens is 344 g/mol. The molecule has 0 saturated heterocycles. The van der Waals surface area contributed by atoms with E-state index in [9.17, 15) is 15.0 Å². The van der Waals surface area contributed by atoms with Gasteiger partial charge in [0.25, 0.3) is 0 Å². The molecule has 3 aromatic rings. The number of benzene rings is 3. The third-order valence-corrected chi connectivity index (χ3v) is 5.43. The number of hydrogen-bond donors (Lipinski definition) is 2. The van der Waals surface area contributed by atoms with E-state index in [0.29, 0.717) is 16.9 Å². The van der Waals surface area contributed by atoms with E-state index in [1.165, 1.54) is 0 Å². The van der Waals surface area contributed by atoms with Gasteiger partial charge in [0.2, 0.25) is 0 Å². The van der Waals surface area contributed by atoms with Gasteiger partial charge >= 0.3 is 5.97 Å². The van der Waals surface area contributed by atoms with E-state index in [2.05, 4.69) is 6.92 Å². The highest BCUT2D eigenvalue weighted by atomic mass is 32.2. The summed E-state index contributed by atoms with van der Waals surface area (Å²) in [7, 11) is 0. The number of aromatic carboxylic acids is 1. The van der Waals surface area contributed by atoms with Gasteiger partial charge in [-0.05, 0) is 34.6 Å². The molecular formula is C22H20O3S. The summed E-state index contributed by atoms with van der Waals surface area (Å²) in [5, 5.41) is 19.6. The third-order valence-electron chi connectivity index (χ3n) is 4.23. The number of hydrogen-bond acceptors (Lipinski definition) is 3. The van der Waals surface area contributed by atoms with Gasteiger partial charge in [0.15, 0.2) is 0 Å². The molecule has 2 N–H and O–H groups in total. The molecule has 132 valence electrons. The SMILES string of the molecule is CCSC(c1ccc(-c2ccccc2C(=O)O)cc1)c1ccccc1O. The van der Waals surface area contributed by atoms with E-state index in [0.717, 1.165) is 22.4 Å². The lowest BCUT2D eigenvalue weighted by atomic mass is 9.96. The molecule has 0 amide bonds.